The normalized spacial score (nSPS) is 29.5. The van der Waals surface area contributed by atoms with Crippen molar-refractivity contribution in [3.63, 3.8) is 0 Å². The third-order valence-electron chi connectivity index (χ3n) is 6.71. The van der Waals surface area contributed by atoms with E-state index in [1.165, 1.54) is 17.5 Å². The number of carbonyl (C=O) groups is 1. The smallest absolute Gasteiger partial charge is 0.140 e. The molecule has 1 aromatic carbocycles. The van der Waals surface area contributed by atoms with Crippen LogP contribution in [-0.4, -0.2) is 10.9 Å². The van der Waals surface area contributed by atoms with E-state index in [2.05, 4.69) is 33.8 Å². The number of rotatable bonds is 3. The van der Waals surface area contributed by atoms with Gasteiger partial charge in [-0.25, -0.2) is 0 Å². The van der Waals surface area contributed by atoms with Gasteiger partial charge in [-0.05, 0) is 66.2 Å². The van der Waals surface area contributed by atoms with Gasteiger partial charge in [-0.15, -0.1) is 0 Å². The van der Waals surface area contributed by atoms with E-state index < -0.39 is 0 Å². The van der Waals surface area contributed by atoms with Gasteiger partial charge >= 0.3 is 0 Å². The molecule has 0 saturated heterocycles. The third-order valence-corrected chi connectivity index (χ3v) is 6.71. The monoisotopic (exact) mass is 300 g/mol. The maximum atomic E-state index is 12.8. The molecule has 2 atom stereocenters. The van der Waals surface area contributed by atoms with Gasteiger partial charge in [-0.1, -0.05) is 33.8 Å². The fourth-order valence-corrected chi connectivity index (χ4v) is 4.97. The molecule has 2 nitrogen and oxygen atoms in total. The average Bonchev–Trinajstić information content (AvgIpc) is 2.76. The summed E-state index contributed by atoms with van der Waals surface area (Å²) >= 11 is 0. The van der Waals surface area contributed by atoms with Crippen LogP contribution in [0.4, 0.5) is 0 Å². The van der Waals surface area contributed by atoms with E-state index >= 15 is 0 Å². The fourth-order valence-electron chi connectivity index (χ4n) is 4.97. The molecule has 2 unspecified atom stereocenters. The number of benzene rings is 1. The van der Waals surface area contributed by atoms with E-state index in [1.54, 1.807) is 0 Å². The van der Waals surface area contributed by atoms with Crippen molar-refractivity contribution in [1.82, 2.24) is 0 Å². The molecule has 0 spiro atoms. The molecule has 0 radical (unpaired) electrons. The van der Waals surface area contributed by atoms with Crippen LogP contribution in [0.2, 0.25) is 0 Å². The van der Waals surface area contributed by atoms with Crippen molar-refractivity contribution in [2.45, 2.75) is 66.2 Å². The van der Waals surface area contributed by atoms with Gasteiger partial charge in [0.25, 0.3) is 0 Å². The number of aromatic hydroxyl groups is 1. The van der Waals surface area contributed by atoms with E-state index in [9.17, 15) is 9.90 Å². The summed E-state index contributed by atoms with van der Waals surface area (Å²) in [6, 6.07) is 4.01. The van der Waals surface area contributed by atoms with Crippen LogP contribution in [0.1, 0.15) is 69.6 Å². The number of hydrogen-bond acceptors (Lipinski definition) is 2. The van der Waals surface area contributed by atoms with E-state index in [0.29, 0.717) is 23.4 Å². The molecule has 2 saturated carbocycles. The fraction of sp³-hybridized carbons (Fsp3) is 0.650. The number of hydrogen-bond donors (Lipinski definition) is 1. The minimum absolute atomic E-state index is 0.101. The van der Waals surface area contributed by atoms with E-state index in [1.807, 2.05) is 13.0 Å². The largest absolute Gasteiger partial charge is 0.508 e. The SMILES string of the molecule is Cc1cc(CC23CCC(CC2=O)C3(C)C)c(C(C)C)cc1O. The second-order valence-electron chi connectivity index (χ2n) is 8.34. The summed E-state index contributed by atoms with van der Waals surface area (Å²) in [7, 11) is 0. The summed E-state index contributed by atoms with van der Waals surface area (Å²) < 4.78 is 0. The van der Waals surface area contributed by atoms with E-state index in [4.69, 9.17) is 0 Å². The van der Waals surface area contributed by atoms with Gasteiger partial charge in [0, 0.05) is 11.8 Å². The lowest BCUT2D eigenvalue weighted by atomic mass is 9.65. The van der Waals surface area contributed by atoms with Crippen LogP contribution in [0, 0.1) is 23.7 Å². The number of fused-ring (bicyclic) bond motifs is 2. The summed E-state index contributed by atoms with van der Waals surface area (Å²) in [5.41, 5.74) is 3.27. The van der Waals surface area contributed by atoms with Crippen LogP contribution in [-0.2, 0) is 11.2 Å². The lowest BCUT2D eigenvalue weighted by Crippen LogP contribution is -2.38. The van der Waals surface area contributed by atoms with Crippen molar-refractivity contribution in [1.29, 1.82) is 0 Å². The van der Waals surface area contributed by atoms with Gasteiger partial charge < -0.3 is 5.11 Å². The molecule has 1 aromatic rings. The zero-order valence-electron chi connectivity index (χ0n) is 14.5. The van der Waals surface area contributed by atoms with Gasteiger partial charge in [0.15, 0.2) is 0 Å². The molecule has 2 bridgehead atoms. The molecular weight excluding hydrogens is 272 g/mol. The molecule has 2 aliphatic rings. The third kappa shape index (κ3) is 1.96. The molecule has 1 N–H and O–H groups in total. The van der Waals surface area contributed by atoms with Gasteiger partial charge in [0.05, 0.1) is 0 Å². The van der Waals surface area contributed by atoms with Crippen molar-refractivity contribution in [3.05, 3.63) is 28.8 Å². The summed E-state index contributed by atoms with van der Waals surface area (Å²) in [6.45, 7) is 10.8. The van der Waals surface area contributed by atoms with Gasteiger partial charge in [-0.2, -0.15) is 0 Å². The Kier molecular flexibility index (Phi) is 3.43. The Morgan fingerprint density at radius 1 is 1.32 bits per heavy atom. The Balaban J connectivity index is 2.06. The quantitative estimate of drug-likeness (QED) is 0.873. The Hall–Kier alpha value is -1.31. The number of phenolic OH excluding ortho intramolecular Hbond substituents is 1. The Labute approximate surface area is 133 Å². The number of Topliss-reactive ketones (excluding diaryl/α,β-unsaturated/α-hetero) is 1. The Morgan fingerprint density at radius 2 is 2.00 bits per heavy atom. The number of aryl methyl sites for hydroxylation is 1. The summed E-state index contributed by atoms with van der Waals surface area (Å²) in [4.78, 5) is 12.8. The van der Waals surface area contributed by atoms with Gasteiger partial charge in [0.2, 0.25) is 0 Å². The van der Waals surface area contributed by atoms with Crippen LogP contribution in [0.3, 0.4) is 0 Å². The highest BCUT2D eigenvalue weighted by Gasteiger charge is 2.63. The van der Waals surface area contributed by atoms with Crippen molar-refractivity contribution < 1.29 is 9.90 Å². The average molecular weight is 300 g/mol. The van der Waals surface area contributed by atoms with Crippen LogP contribution >= 0.6 is 0 Å². The number of ketones is 1. The zero-order chi connectivity index (χ0) is 16.3. The summed E-state index contributed by atoms with van der Waals surface area (Å²) in [6.07, 6.45) is 3.82. The van der Waals surface area contributed by atoms with E-state index in [0.717, 1.165) is 24.8 Å². The number of phenols is 1. The predicted octanol–water partition coefficient (Wildman–Crippen LogP) is 4.76. The highest BCUT2D eigenvalue weighted by atomic mass is 16.3. The summed E-state index contributed by atoms with van der Waals surface area (Å²) in [5.74, 6) is 1.75. The van der Waals surface area contributed by atoms with Gasteiger partial charge in [0.1, 0.15) is 11.5 Å². The first-order valence-corrected chi connectivity index (χ1v) is 8.55. The standard InChI is InChI=1S/C20H28O2/c1-12(2)16-10-17(21)13(3)8-14(16)11-20-7-6-15(9-18(20)22)19(20,4)5/h8,10,12,15,21H,6-7,9,11H2,1-5H3. The van der Waals surface area contributed by atoms with Crippen LogP contribution in [0.25, 0.3) is 0 Å². The van der Waals surface area contributed by atoms with Crippen molar-refractivity contribution in [2.24, 2.45) is 16.7 Å². The first-order chi connectivity index (χ1) is 10.2. The molecule has 0 aliphatic heterocycles. The van der Waals surface area contributed by atoms with Crippen molar-refractivity contribution in [3.8, 4) is 5.75 Å². The molecule has 2 fully saturated rings. The maximum Gasteiger partial charge on any atom is 0.140 e. The second-order valence-corrected chi connectivity index (χ2v) is 8.34. The molecule has 0 amide bonds. The number of carbonyl (C=O) groups excluding carboxylic acids is 1. The first-order valence-electron chi connectivity index (χ1n) is 8.55. The molecule has 22 heavy (non-hydrogen) atoms. The molecule has 2 heteroatoms. The highest BCUT2D eigenvalue weighted by molar-refractivity contribution is 5.90. The molecule has 2 aliphatic carbocycles. The molecular formula is C20H28O2. The minimum atomic E-state index is -0.190. The lowest BCUT2D eigenvalue weighted by molar-refractivity contribution is -0.129. The summed E-state index contributed by atoms with van der Waals surface area (Å²) in [5, 5.41) is 10.1. The van der Waals surface area contributed by atoms with Gasteiger partial charge in [-0.3, -0.25) is 4.79 Å². The highest BCUT2D eigenvalue weighted by Crippen LogP contribution is 2.65. The van der Waals surface area contributed by atoms with Crippen molar-refractivity contribution in [2.75, 3.05) is 0 Å². The maximum absolute atomic E-state index is 12.8. The molecule has 120 valence electrons. The predicted molar refractivity (Wildman–Crippen MR) is 89.2 cm³/mol. The van der Waals surface area contributed by atoms with Crippen molar-refractivity contribution >= 4 is 5.78 Å². The molecule has 0 heterocycles. The first kappa shape index (κ1) is 15.6. The zero-order valence-corrected chi connectivity index (χ0v) is 14.5. The van der Waals surface area contributed by atoms with Crippen LogP contribution < -0.4 is 0 Å². The topological polar surface area (TPSA) is 37.3 Å². The second kappa shape index (κ2) is 4.84. The van der Waals surface area contributed by atoms with E-state index in [-0.39, 0.29) is 10.8 Å². The molecule has 0 aromatic heterocycles. The lowest BCUT2D eigenvalue weighted by Gasteiger charge is -2.37. The minimum Gasteiger partial charge on any atom is -0.508 e. The van der Waals surface area contributed by atoms with Crippen LogP contribution in [0.5, 0.6) is 5.75 Å². The Bertz CT molecular complexity index is 627. The molecule has 3 rings (SSSR count). The van der Waals surface area contributed by atoms with Crippen LogP contribution in [0.15, 0.2) is 12.1 Å². The Morgan fingerprint density at radius 3 is 2.50 bits per heavy atom.